The van der Waals surface area contributed by atoms with E-state index in [1.807, 2.05) is 0 Å². The molecule has 0 spiro atoms. The van der Waals surface area contributed by atoms with E-state index < -0.39 is 36.9 Å². The quantitative estimate of drug-likeness (QED) is 0.320. The lowest BCUT2D eigenvalue weighted by atomic mass is 9.99. The van der Waals surface area contributed by atoms with Gasteiger partial charge in [0, 0.05) is 5.92 Å². The van der Waals surface area contributed by atoms with Crippen molar-refractivity contribution in [2.24, 2.45) is 5.92 Å². The Labute approximate surface area is 69.9 Å². The molecule has 5 heteroatoms. The summed E-state index contributed by atoms with van der Waals surface area (Å²) in [6, 6.07) is 0. The second-order valence-corrected chi connectivity index (χ2v) is 3.20. The summed E-state index contributed by atoms with van der Waals surface area (Å²) in [4.78, 5) is 0. The van der Waals surface area contributed by atoms with Gasteiger partial charge < -0.3 is 25.5 Å². The van der Waals surface area contributed by atoms with Crippen LogP contribution < -0.4 is 0 Å². The minimum Gasteiger partial charge on any atom is -0.394 e. The van der Waals surface area contributed by atoms with Crippen LogP contribution in [0.3, 0.4) is 0 Å². The Morgan fingerprint density at radius 3 is 2.08 bits per heavy atom. The van der Waals surface area contributed by atoms with Crippen molar-refractivity contribution >= 4 is 0 Å². The van der Waals surface area contributed by atoms with Crippen molar-refractivity contribution in [2.75, 3.05) is 6.61 Å². The molecule has 0 amide bonds. The van der Waals surface area contributed by atoms with Crippen molar-refractivity contribution < 1.29 is 25.5 Å². The summed E-state index contributed by atoms with van der Waals surface area (Å²) >= 11 is 0. The van der Waals surface area contributed by atoms with E-state index in [0.29, 0.717) is 0 Å². The molecule has 0 saturated heterocycles. The summed E-state index contributed by atoms with van der Waals surface area (Å²) in [5.74, 6) is -0.639. The molecule has 12 heavy (non-hydrogen) atoms. The maximum Gasteiger partial charge on any atom is 0.106 e. The average Bonchev–Trinajstić information content (AvgIpc) is 2.32. The first-order valence-electron chi connectivity index (χ1n) is 3.91. The smallest absolute Gasteiger partial charge is 0.106 e. The Morgan fingerprint density at radius 1 is 1.17 bits per heavy atom. The van der Waals surface area contributed by atoms with E-state index in [4.69, 9.17) is 20.4 Å². The number of hydrogen-bond donors (Lipinski definition) is 5. The van der Waals surface area contributed by atoms with Crippen molar-refractivity contribution in [3.8, 4) is 0 Å². The van der Waals surface area contributed by atoms with Crippen LogP contribution in [0, 0.1) is 5.92 Å². The molecular weight excluding hydrogens is 164 g/mol. The Kier molecular flexibility index (Phi) is 3.03. The van der Waals surface area contributed by atoms with Crippen molar-refractivity contribution in [3.63, 3.8) is 0 Å². The average molecular weight is 178 g/mol. The summed E-state index contributed by atoms with van der Waals surface area (Å²) < 4.78 is 0. The molecule has 1 fully saturated rings. The van der Waals surface area contributed by atoms with Gasteiger partial charge in [-0.2, -0.15) is 0 Å². The highest BCUT2D eigenvalue weighted by Gasteiger charge is 2.43. The molecule has 5 N–H and O–H groups in total. The van der Waals surface area contributed by atoms with Gasteiger partial charge in [-0.15, -0.1) is 0 Å². The van der Waals surface area contributed by atoms with E-state index in [0.717, 1.165) is 0 Å². The summed E-state index contributed by atoms with van der Waals surface area (Å²) in [5.41, 5.74) is 0. The zero-order chi connectivity index (χ0) is 9.30. The maximum absolute atomic E-state index is 9.25. The second kappa shape index (κ2) is 3.68. The lowest BCUT2D eigenvalue weighted by molar-refractivity contribution is -0.0496. The first kappa shape index (κ1) is 9.88. The number of hydrogen-bond acceptors (Lipinski definition) is 5. The summed E-state index contributed by atoms with van der Waals surface area (Å²) in [7, 11) is 0. The molecule has 1 rings (SSSR count). The molecule has 0 aromatic rings. The van der Waals surface area contributed by atoms with Gasteiger partial charge >= 0.3 is 0 Å². The van der Waals surface area contributed by atoms with Crippen molar-refractivity contribution in [2.45, 2.75) is 30.8 Å². The van der Waals surface area contributed by atoms with Crippen LogP contribution in [0.4, 0.5) is 0 Å². The first-order chi connectivity index (χ1) is 5.57. The molecule has 0 unspecified atom stereocenters. The highest BCUT2D eigenvalue weighted by atomic mass is 16.4. The molecule has 1 aliphatic rings. The van der Waals surface area contributed by atoms with E-state index in [1.54, 1.807) is 0 Å². The van der Waals surface area contributed by atoms with Crippen LogP contribution >= 0.6 is 0 Å². The van der Waals surface area contributed by atoms with Gasteiger partial charge in [0.05, 0.1) is 24.9 Å². The topological polar surface area (TPSA) is 101 Å². The summed E-state index contributed by atoms with van der Waals surface area (Å²) in [6.07, 6.45) is -4.33. The normalized spacial score (nSPS) is 44.8. The lowest BCUT2D eigenvalue weighted by Gasteiger charge is -2.19. The predicted molar refractivity (Wildman–Crippen MR) is 39.2 cm³/mol. The van der Waals surface area contributed by atoms with Crippen LogP contribution in [-0.4, -0.2) is 56.6 Å². The molecule has 0 heterocycles. The third kappa shape index (κ3) is 1.60. The Balaban J connectivity index is 2.58. The third-order valence-electron chi connectivity index (χ3n) is 2.38. The van der Waals surface area contributed by atoms with E-state index in [-0.39, 0.29) is 6.42 Å². The molecule has 5 nitrogen and oxygen atoms in total. The molecule has 0 aromatic carbocycles. The SMILES string of the molecule is OC[C@@H](O)[C@H]1C[C@H](O)[C@H](O)[C@H]1O. The zero-order valence-electron chi connectivity index (χ0n) is 6.54. The van der Waals surface area contributed by atoms with Crippen LogP contribution in [0.5, 0.6) is 0 Å². The van der Waals surface area contributed by atoms with Crippen LogP contribution in [0.15, 0.2) is 0 Å². The highest BCUT2D eigenvalue weighted by molar-refractivity contribution is 4.93. The van der Waals surface area contributed by atoms with Crippen LogP contribution in [0.1, 0.15) is 6.42 Å². The fraction of sp³-hybridized carbons (Fsp3) is 1.00. The largest absolute Gasteiger partial charge is 0.394 e. The van der Waals surface area contributed by atoms with Gasteiger partial charge in [0.25, 0.3) is 0 Å². The Hall–Kier alpha value is -0.200. The van der Waals surface area contributed by atoms with Crippen LogP contribution in [0.25, 0.3) is 0 Å². The van der Waals surface area contributed by atoms with Gasteiger partial charge in [-0.1, -0.05) is 0 Å². The van der Waals surface area contributed by atoms with E-state index in [2.05, 4.69) is 0 Å². The molecular formula is C7H14O5. The molecule has 1 aliphatic carbocycles. The molecule has 5 atom stereocenters. The van der Waals surface area contributed by atoms with E-state index >= 15 is 0 Å². The van der Waals surface area contributed by atoms with E-state index in [1.165, 1.54) is 0 Å². The predicted octanol–water partition coefficient (Wildman–Crippen LogP) is -2.56. The lowest BCUT2D eigenvalue weighted by Crippen LogP contribution is -2.35. The molecule has 0 bridgehead atoms. The van der Waals surface area contributed by atoms with Gasteiger partial charge in [0.15, 0.2) is 0 Å². The van der Waals surface area contributed by atoms with Crippen molar-refractivity contribution in [1.82, 2.24) is 0 Å². The summed E-state index contributed by atoms with van der Waals surface area (Å²) in [5, 5.41) is 45.1. The van der Waals surface area contributed by atoms with E-state index in [9.17, 15) is 5.11 Å². The Bertz CT molecular complexity index is 151. The first-order valence-corrected chi connectivity index (χ1v) is 3.91. The molecule has 0 radical (unpaired) electrons. The minimum atomic E-state index is -1.21. The molecule has 72 valence electrons. The van der Waals surface area contributed by atoms with Gasteiger partial charge in [-0.3, -0.25) is 0 Å². The van der Waals surface area contributed by atoms with Gasteiger partial charge in [-0.05, 0) is 6.42 Å². The third-order valence-corrected chi connectivity index (χ3v) is 2.38. The number of aliphatic hydroxyl groups excluding tert-OH is 5. The molecule has 0 aliphatic heterocycles. The van der Waals surface area contributed by atoms with Gasteiger partial charge in [0.1, 0.15) is 6.10 Å². The van der Waals surface area contributed by atoms with Gasteiger partial charge in [-0.25, -0.2) is 0 Å². The Morgan fingerprint density at radius 2 is 1.75 bits per heavy atom. The fourth-order valence-corrected chi connectivity index (χ4v) is 1.56. The standard InChI is InChI=1S/C7H14O5/c8-2-5(10)3-1-4(9)7(12)6(3)11/h3-12H,1-2H2/t3-,4+,5-,6+,7+/m1/s1. The summed E-state index contributed by atoms with van der Waals surface area (Å²) in [6.45, 7) is -0.471. The van der Waals surface area contributed by atoms with Crippen LogP contribution in [-0.2, 0) is 0 Å². The second-order valence-electron chi connectivity index (χ2n) is 3.20. The number of rotatable bonds is 2. The number of aliphatic hydroxyl groups is 5. The van der Waals surface area contributed by atoms with Crippen molar-refractivity contribution in [1.29, 1.82) is 0 Å². The van der Waals surface area contributed by atoms with Crippen molar-refractivity contribution in [3.05, 3.63) is 0 Å². The fourth-order valence-electron chi connectivity index (χ4n) is 1.56. The monoisotopic (exact) mass is 178 g/mol. The molecule has 0 aromatic heterocycles. The zero-order valence-corrected chi connectivity index (χ0v) is 6.54. The van der Waals surface area contributed by atoms with Gasteiger partial charge in [0.2, 0.25) is 0 Å². The molecule has 1 saturated carbocycles. The minimum absolute atomic E-state index is 0.115. The maximum atomic E-state index is 9.25. The van der Waals surface area contributed by atoms with Crippen LogP contribution in [0.2, 0.25) is 0 Å². The highest BCUT2D eigenvalue weighted by Crippen LogP contribution is 2.29.